The highest BCUT2D eigenvalue weighted by Crippen LogP contribution is 2.27. The Morgan fingerprint density at radius 3 is 2.50 bits per heavy atom. The van der Waals surface area contributed by atoms with E-state index >= 15 is 0 Å². The smallest absolute Gasteiger partial charge is 0.229 e. The third-order valence-electron chi connectivity index (χ3n) is 4.70. The zero-order valence-corrected chi connectivity index (χ0v) is 16.7. The lowest BCUT2D eigenvalue weighted by Gasteiger charge is -2.18. The standard InChI is InChI=1S/C22H22N6O2/c1-13-12-23-22(26-18-8-9-19-15(11-18)3-10-20(30)27-19)28-21(13)25-17-6-4-16(5-7-17)24-14(2)29/h4-9,11-12H,3,10H2,1-2H3,(H,24,29)(H,27,30)(H2,23,25,26,28). The van der Waals surface area contributed by atoms with E-state index in [-0.39, 0.29) is 11.8 Å². The minimum Gasteiger partial charge on any atom is -0.340 e. The van der Waals surface area contributed by atoms with E-state index < -0.39 is 0 Å². The van der Waals surface area contributed by atoms with Gasteiger partial charge in [0.2, 0.25) is 17.8 Å². The molecule has 8 nitrogen and oxygen atoms in total. The number of hydrogen-bond donors (Lipinski definition) is 4. The molecule has 2 heterocycles. The van der Waals surface area contributed by atoms with Gasteiger partial charge in [-0.15, -0.1) is 0 Å². The van der Waals surface area contributed by atoms with Crippen LogP contribution in [0, 0.1) is 6.92 Å². The number of hydrogen-bond acceptors (Lipinski definition) is 6. The quantitative estimate of drug-likeness (QED) is 0.511. The van der Waals surface area contributed by atoms with Crippen molar-refractivity contribution in [1.29, 1.82) is 0 Å². The first-order valence-corrected chi connectivity index (χ1v) is 9.64. The van der Waals surface area contributed by atoms with Crippen LogP contribution in [-0.2, 0) is 16.0 Å². The summed E-state index contributed by atoms with van der Waals surface area (Å²) in [5.74, 6) is 1.09. The number of aryl methyl sites for hydroxylation is 2. The molecule has 0 unspecified atom stereocenters. The molecule has 0 saturated heterocycles. The maximum absolute atomic E-state index is 11.5. The van der Waals surface area contributed by atoms with Gasteiger partial charge in [0.15, 0.2) is 0 Å². The summed E-state index contributed by atoms with van der Waals surface area (Å²) < 4.78 is 0. The highest BCUT2D eigenvalue weighted by molar-refractivity contribution is 5.94. The molecule has 2 aromatic carbocycles. The van der Waals surface area contributed by atoms with Crippen LogP contribution < -0.4 is 21.3 Å². The van der Waals surface area contributed by atoms with Crippen LogP contribution in [0.3, 0.4) is 0 Å². The zero-order chi connectivity index (χ0) is 21.1. The summed E-state index contributed by atoms with van der Waals surface area (Å²) in [5.41, 5.74) is 5.29. The van der Waals surface area contributed by atoms with Crippen LogP contribution >= 0.6 is 0 Å². The van der Waals surface area contributed by atoms with E-state index in [0.717, 1.165) is 33.9 Å². The molecule has 30 heavy (non-hydrogen) atoms. The van der Waals surface area contributed by atoms with Gasteiger partial charge in [-0.3, -0.25) is 9.59 Å². The first kappa shape index (κ1) is 19.4. The minimum absolute atomic E-state index is 0.0471. The van der Waals surface area contributed by atoms with E-state index in [1.807, 2.05) is 49.4 Å². The van der Waals surface area contributed by atoms with Crippen molar-refractivity contribution >= 4 is 46.3 Å². The van der Waals surface area contributed by atoms with Crippen LogP contribution in [0.15, 0.2) is 48.7 Å². The number of anilines is 6. The molecule has 0 radical (unpaired) electrons. The Balaban J connectivity index is 1.49. The molecular weight excluding hydrogens is 380 g/mol. The van der Waals surface area contributed by atoms with E-state index in [1.165, 1.54) is 6.92 Å². The van der Waals surface area contributed by atoms with Crippen molar-refractivity contribution in [1.82, 2.24) is 9.97 Å². The van der Waals surface area contributed by atoms with Crippen LogP contribution in [0.25, 0.3) is 0 Å². The molecule has 0 spiro atoms. The number of aromatic nitrogens is 2. The lowest BCUT2D eigenvalue weighted by atomic mass is 10.0. The zero-order valence-electron chi connectivity index (χ0n) is 16.7. The Hall–Kier alpha value is -3.94. The van der Waals surface area contributed by atoms with Gasteiger partial charge in [-0.2, -0.15) is 4.98 Å². The van der Waals surface area contributed by atoms with Crippen molar-refractivity contribution in [3.8, 4) is 0 Å². The van der Waals surface area contributed by atoms with Crippen LogP contribution in [0.4, 0.5) is 34.5 Å². The SMILES string of the molecule is CC(=O)Nc1ccc(Nc2nc(Nc3ccc4c(c3)CCC(=O)N4)ncc2C)cc1. The minimum atomic E-state index is -0.109. The Labute approximate surface area is 174 Å². The fraction of sp³-hybridized carbons (Fsp3) is 0.182. The van der Waals surface area contributed by atoms with Crippen molar-refractivity contribution in [3.05, 3.63) is 59.8 Å². The van der Waals surface area contributed by atoms with Gasteiger partial charge in [-0.25, -0.2) is 4.98 Å². The summed E-state index contributed by atoms with van der Waals surface area (Å²) >= 11 is 0. The Bertz CT molecular complexity index is 1110. The molecule has 1 aromatic heterocycles. The van der Waals surface area contributed by atoms with Gasteiger partial charge in [0.05, 0.1) is 0 Å². The molecule has 0 bridgehead atoms. The maximum atomic E-state index is 11.5. The summed E-state index contributed by atoms with van der Waals surface area (Å²) in [5, 5.41) is 12.1. The van der Waals surface area contributed by atoms with Gasteiger partial charge < -0.3 is 21.3 Å². The fourth-order valence-electron chi connectivity index (χ4n) is 3.20. The average molecular weight is 402 g/mol. The largest absolute Gasteiger partial charge is 0.340 e. The van der Waals surface area contributed by atoms with Gasteiger partial charge in [-0.05, 0) is 61.4 Å². The molecule has 4 rings (SSSR count). The molecule has 4 N–H and O–H groups in total. The summed E-state index contributed by atoms with van der Waals surface area (Å²) in [6.07, 6.45) is 2.96. The number of rotatable bonds is 5. The summed E-state index contributed by atoms with van der Waals surface area (Å²) in [6.45, 7) is 3.41. The van der Waals surface area contributed by atoms with Gasteiger partial charge in [0.1, 0.15) is 5.82 Å². The van der Waals surface area contributed by atoms with Crippen molar-refractivity contribution < 1.29 is 9.59 Å². The second kappa shape index (κ2) is 8.20. The van der Waals surface area contributed by atoms with Crippen molar-refractivity contribution in [3.63, 3.8) is 0 Å². The fourth-order valence-corrected chi connectivity index (χ4v) is 3.20. The molecule has 2 amide bonds. The van der Waals surface area contributed by atoms with E-state index in [0.29, 0.717) is 24.6 Å². The number of fused-ring (bicyclic) bond motifs is 1. The second-order valence-corrected chi connectivity index (χ2v) is 7.15. The maximum Gasteiger partial charge on any atom is 0.229 e. The normalized spacial score (nSPS) is 12.5. The van der Waals surface area contributed by atoms with Crippen LogP contribution in [-0.4, -0.2) is 21.8 Å². The Kier molecular flexibility index (Phi) is 5.30. The molecule has 1 aliphatic rings. The number of benzene rings is 2. The van der Waals surface area contributed by atoms with Gasteiger partial charge in [-0.1, -0.05) is 0 Å². The van der Waals surface area contributed by atoms with E-state index in [2.05, 4.69) is 31.2 Å². The van der Waals surface area contributed by atoms with Crippen LogP contribution in [0.5, 0.6) is 0 Å². The number of carbonyl (C=O) groups is 2. The van der Waals surface area contributed by atoms with Crippen molar-refractivity contribution in [2.24, 2.45) is 0 Å². The molecule has 3 aromatic rings. The highest BCUT2D eigenvalue weighted by atomic mass is 16.2. The highest BCUT2D eigenvalue weighted by Gasteiger charge is 2.15. The number of nitrogens with zero attached hydrogens (tertiary/aromatic N) is 2. The van der Waals surface area contributed by atoms with Gasteiger partial charge in [0, 0.05) is 47.9 Å². The average Bonchev–Trinajstić information content (AvgIpc) is 2.72. The molecule has 8 heteroatoms. The Morgan fingerprint density at radius 2 is 1.73 bits per heavy atom. The van der Waals surface area contributed by atoms with E-state index in [1.54, 1.807) is 6.20 Å². The van der Waals surface area contributed by atoms with Crippen LogP contribution in [0.2, 0.25) is 0 Å². The summed E-state index contributed by atoms with van der Waals surface area (Å²) in [6, 6.07) is 13.2. The molecule has 0 atom stereocenters. The van der Waals surface area contributed by atoms with Crippen molar-refractivity contribution in [2.75, 3.05) is 21.3 Å². The van der Waals surface area contributed by atoms with Gasteiger partial charge >= 0.3 is 0 Å². The molecular formula is C22H22N6O2. The first-order chi connectivity index (χ1) is 14.5. The summed E-state index contributed by atoms with van der Waals surface area (Å²) in [7, 11) is 0. The topological polar surface area (TPSA) is 108 Å². The third-order valence-corrected chi connectivity index (χ3v) is 4.70. The van der Waals surface area contributed by atoms with E-state index in [4.69, 9.17) is 0 Å². The predicted octanol–water partition coefficient (Wildman–Crippen LogP) is 4.12. The molecule has 0 aliphatic carbocycles. The number of amides is 2. The Morgan fingerprint density at radius 1 is 1.00 bits per heavy atom. The first-order valence-electron chi connectivity index (χ1n) is 9.64. The molecule has 152 valence electrons. The number of carbonyl (C=O) groups excluding carboxylic acids is 2. The molecule has 0 fully saturated rings. The predicted molar refractivity (Wildman–Crippen MR) is 117 cm³/mol. The molecule has 1 aliphatic heterocycles. The lowest BCUT2D eigenvalue weighted by Crippen LogP contribution is -2.18. The van der Waals surface area contributed by atoms with Crippen LogP contribution in [0.1, 0.15) is 24.5 Å². The van der Waals surface area contributed by atoms with Crippen molar-refractivity contribution in [2.45, 2.75) is 26.7 Å². The van der Waals surface area contributed by atoms with E-state index in [9.17, 15) is 9.59 Å². The monoisotopic (exact) mass is 402 g/mol. The number of nitrogens with one attached hydrogen (secondary N) is 4. The molecule has 0 saturated carbocycles. The lowest BCUT2D eigenvalue weighted by molar-refractivity contribution is -0.116. The second-order valence-electron chi connectivity index (χ2n) is 7.15. The summed E-state index contributed by atoms with van der Waals surface area (Å²) in [4.78, 5) is 31.6. The third kappa shape index (κ3) is 4.54. The van der Waals surface area contributed by atoms with Gasteiger partial charge in [0.25, 0.3) is 0 Å².